The van der Waals surface area contributed by atoms with Gasteiger partial charge in [-0.3, -0.25) is 9.78 Å². The molecule has 1 atom stereocenters. The zero-order chi connectivity index (χ0) is 14.4. The van der Waals surface area contributed by atoms with Crippen molar-refractivity contribution < 1.29 is 14.6 Å². The van der Waals surface area contributed by atoms with Crippen LogP contribution in [0.15, 0.2) is 12.4 Å². The van der Waals surface area contributed by atoms with Gasteiger partial charge in [-0.05, 0) is 6.42 Å². The molecule has 1 N–H and O–H groups in total. The van der Waals surface area contributed by atoms with Gasteiger partial charge < -0.3 is 14.7 Å². The molecular weight excluding hydrogens is 278 g/mol. The Bertz CT molecular complexity index is 458. The largest absolute Gasteiger partial charge is 0.481 e. The molecule has 0 aliphatic carbocycles. The van der Waals surface area contributed by atoms with E-state index < -0.39 is 5.97 Å². The summed E-state index contributed by atoms with van der Waals surface area (Å²) in [6, 6.07) is -0.0398. The van der Waals surface area contributed by atoms with Crippen molar-refractivity contribution in [3.8, 4) is 5.88 Å². The van der Waals surface area contributed by atoms with E-state index in [-0.39, 0.29) is 12.5 Å². The van der Waals surface area contributed by atoms with E-state index in [9.17, 15) is 4.79 Å². The van der Waals surface area contributed by atoms with E-state index in [1.54, 1.807) is 24.2 Å². The van der Waals surface area contributed by atoms with Crippen LogP contribution in [0.2, 0.25) is 0 Å². The number of rotatable bonds is 6. The number of aromatic nitrogens is 2. The maximum atomic E-state index is 11.0. The zero-order valence-corrected chi connectivity index (χ0v) is 12.3. The summed E-state index contributed by atoms with van der Waals surface area (Å²) < 4.78 is 5.48. The number of ether oxygens (including phenoxy) is 1. The molecule has 1 aromatic rings. The van der Waals surface area contributed by atoms with E-state index in [0.29, 0.717) is 18.3 Å². The second-order valence-electron chi connectivity index (χ2n) is 4.58. The van der Waals surface area contributed by atoms with Gasteiger partial charge in [0.25, 0.3) is 0 Å². The van der Waals surface area contributed by atoms with E-state index in [1.807, 2.05) is 11.8 Å². The minimum Gasteiger partial charge on any atom is -0.481 e. The lowest BCUT2D eigenvalue weighted by Crippen LogP contribution is -2.44. The van der Waals surface area contributed by atoms with Gasteiger partial charge in [-0.1, -0.05) is 6.92 Å². The van der Waals surface area contributed by atoms with Crippen molar-refractivity contribution in [2.45, 2.75) is 25.8 Å². The fraction of sp³-hybridized carbons (Fsp3) is 0.615. The molecule has 1 saturated heterocycles. The molecule has 2 heterocycles. The fourth-order valence-electron chi connectivity index (χ4n) is 2.08. The molecule has 2 rings (SSSR count). The van der Waals surface area contributed by atoms with Gasteiger partial charge in [-0.15, -0.1) is 0 Å². The van der Waals surface area contributed by atoms with Crippen LogP contribution in [0.5, 0.6) is 5.88 Å². The monoisotopic (exact) mass is 297 g/mol. The molecule has 0 amide bonds. The summed E-state index contributed by atoms with van der Waals surface area (Å²) in [5.41, 5.74) is 0. The van der Waals surface area contributed by atoms with E-state index >= 15 is 0 Å². The Kier molecular flexibility index (Phi) is 5.46. The Morgan fingerprint density at radius 3 is 3.20 bits per heavy atom. The highest BCUT2D eigenvalue weighted by molar-refractivity contribution is 7.99. The van der Waals surface area contributed by atoms with Crippen LogP contribution in [-0.4, -0.2) is 51.7 Å². The van der Waals surface area contributed by atoms with Gasteiger partial charge >= 0.3 is 5.97 Å². The van der Waals surface area contributed by atoms with Crippen molar-refractivity contribution in [3.63, 3.8) is 0 Å². The number of aliphatic carboxylic acids is 1. The second-order valence-corrected chi connectivity index (χ2v) is 5.73. The first kappa shape index (κ1) is 14.9. The van der Waals surface area contributed by atoms with Gasteiger partial charge in [0.1, 0.15) is 0 Å². The highest BCUT2D eigenvalue weighted by Gasteiger charge is 2.26. The van der Waals surface area contributed by atoms with Crippen LogP contribution in [0.1, 0.15) is 19.8 Å². The molecule has 1 aromatic heterocycles. The van der Waals surface area contributed by atoms with E-state index in [0.717, 1.165) is 24.5 Å². The Morgan fingerprint density at radius 2 is 2.45 bits per heavy atom. The van der Waals surface area contributed by atoms with Crippen LogP contribution < -0.4 is 9.64 Å². The molecule has 0 aromatic carbocycles. The fourth-order valence-corrected chi connectivity index (χ4v) is 3.14. The number of hydrogen-bond donors (Lipinski definition) is 1. The van der Waals surface area contributed by atoms with Crippen LogP contribution in [0, 0.1) is 0 Å². The van der Waals surface area contributed by atoms with E-state index in [2.05, 4.69) is 9.97 Å². The third-order valence-corrected chi connectivity index (χ3v) is 4.08. The van der Waals surface area contributed by atoms with E-state index in [4.69, 9.17) is 9.84 Å². The first-order valence-corrected chi connectivity index (χ1v) is 7.87. The zero-order valence-electron chi connectivity index (χ0n) is 11.5. The highest BCUT2D eigenvalue weighted by Crippen LogP contribution is 2.25. The number of nitrogens with zero attached hydrogens (tertiary/aromatic N) is 3. The third kappa shape index (κ3) is 4.00. The van der Waals surface area contributed by atoms with Gasteiger partial charge in [0.2, 0.25) is 5.88 Å². The summed E-state index contributed by atoms with van der Waals surface area (Å²) in [7, 11) is 0. The van der Waals surface area contributed by atoms with Gasteiger partial charge in [-0.25, -0.2) is 0 Å². The number of carboxylic acids is 1. The van der Waals surface area contributed by atoms with E-state index in [1.165, 1.54) is 0 Å². The molecular formula is C13H19N3O3S. The average Bonchev–Trinajstić information content (AvgIpc) is 2.45. The van der Waals surface area contributed by atoms with Crippen molar-refractivity contribution in [1.82, 2.24) is 9.97 Å². The normalized spacial score (nSPS) is 18.9. The molecule has 1 fully saturated rings. The molecule has 0 bridgehead atoms. The quantitative estimate of drug-likeness (QED) is 0.855. The van der Waals surface area contributed by atoms with Crippen LogP contribution in [0.4, 0.5) is 5.82 Å². The summed E-state index contributed by atoms with van der Waals surface area (Å²) in [4.78, 5) is 21.6. The minimum absolute atomic E-state index is 0.0398. The Hall–Kier alpha value is -1.50. The topological polar surface area (TPSA) is 75.5 Å². The third-order valence-electron chi connectivity index (χ3n) is 2.99. The molecule has 0 spiro atoms. The molecule has 0 saturated carbocycles. The second kappa shape index (κ2) is 7.33. The number of thioether (sulfide) groups is 1. The summed E-state index contributed by atoms with van der Waals surface area (Å²) in [6.45, 7) is 3.42. The van der Waals surface area contributed by atoms with Gasteiger partial charge in [-0.2, -0.15) is 16.7 Å². The first-order valence-electron chi connectivity index (χ1n) is 6.71. The van der Waals surface area contributed by atoms with Crippen molar-refractivity contribution >= 4 is 23.5 Å². The van der Waals surface area contributed by atoms with Gasteiger partial charge in [0, 0.05) is 24.1 Å². The first-order chi connectivity index (χ1) is 9.70. The van der Waals surface area contributed by atoms with Crippen molar-refractivity contribution in [2.75, 3.05) is 29.6 Å². The number of carbonyl (C=O) groups is 1. The average molecular weight is 297 g/mol. The molecule has 7 heteroatoms. The molecule has 6 nitrogen and oxygen atoms in total. The molecule has 20 heavy (non-hydrogen) atoms. The predicted molar refractivity (Wildman–Crippen MR) is 78.5 cm³/mol. The van der Waals surface area contributed by atoms with Crippen molar-refractivity contribution in [1.29, 1.82) is 0 Å². The Morgan fingerprint density at radius 1 is 1.60 bits per heavy atom. The van der Waals surface area contributed by atoms with Crippen molar-refractivity contribution in [3.05, 3.63) is 12.4 Å². The molecule has 110 valence electrons. The molecule has 1 aliphatic heterocycles. The lowest BCUT2D eigenvalue weighted by atomic mass is 10.2. The highest BCUT2D eigenvalue weighted by atomic mass is 32.2. The number of anilines is 1. The van der Waals surface area contributed by atoms with Gasteiger partial charge in [0.15, 0.2) is 5.82 Å². The SMILES string of the molecule is CCCOc1cncc(N2CCSCC2CC(=O)O)n1. The minimum atomic E-state index is -0.783. The lowest BCUT2D eigenvalue weighted by molar-refractivity contribution is -0.137. The summed E-state index contributed by atoms with van der Waals surface area (Å²) >= 11 is 1.78. The summed E-state index contributed by atoms with van der Waals surface area (Å²) in [5.74, 6) is 2.18. The maximum absolute atomic E-state index is 11.0. The molecule has 0 radical (unpaired) electrons. The molecule has 1 unspecified atom stereocenters. The lowest BCUT2D eigenvalue weighted by Gasteiger charge is -2.35. The van der Waals surface area contributed by atoms with Crippen LogP contribution in [0.25, 0.3) is 0 Å². The van der Waals surface area contributed by atoms with Gasteiger partial charge in [0.05, 0.1) is 25.4 Å². The smallest absolute Gasteiger partial charge is 0.305 e. The number of hydrogen-bond acceptors (Lipinski definition) is 6. The Balaban J connectivity index is 2.12. The predicted octanol–water partition coefficient (Wildman–Crippen LogP) is 1.66. The van der Waals surface area contributed by atoms with Crippen LogP contribution in [0.3, 0.4) is 0 Å². The Labute approximate surface area is 122 Å². The van der Waals surface area contributed by atoms with Crippen molar-refractivity contribution in [2.24, 2.45) is 0 Å². The number of carboxylic acid groups (broad SMARTS) is 1. The summed E-state index contributed by atoms with van der Waals surface area (Å²) in [5, 5.41) is 9.00. The van der Waals surface area contributed by atoms with Crippen LogP contribution >= 0.6 is 11.8 Å². The van der Waals surface area contributed by atoms with Crippen LogP contribution in [-0.2, 0) is 4.79 Å². The molecule has 1 aliphatic rings. The standard InChI is InChI=1S/C13H19N3O3S/c1-2-4-19-12-8-14-7-11(15-12)16-3-5-20-9-10(16)6-13(17)18/h7-8,10H,2-6,9H2,1H3,(H,17,18). The maximum Gasteiger partial charge on any atom is 0.305 e. The summed E-state index contributed by atoms with van der Waals surface area (Å²) in [6.07, 6.45) is 4.29.